The van der Waals surface area contributed by atoms with Gasteiger partial charge in [0, 0.05) is 34.6 Å². The summed E-state index contributed by atoms with van der Waals surface area (Å²) in [4.78, 5) is 21.0. The van der Waals surface area contributed by atoms with E-state index >= 15 is 0 Å². The van der Waals surface area contributed by atoms with Crippen molar-refractivity contribution in [2.45, 2.75) is 5.41 Å². The van der Waals surface area contributed by atoms with Crippen LogP contribution in [-0.2, 0) is 5.41 Å². The minimum absolute atomic E-state index is 0.606. The van der Waals surface area contributed by atoms with Crippen LogP contribution in [0.1, 0.15) is 22.3 Å². The zero-order chi connectivity index (χ0) is 42.5. The predicted molar refractivity (Wildman–Crippen MR) is 258 cm³/mol. The molecule has 3 heterocycles. The van der Waals surface area contributed by atoms with Crippen molar-refractivity contribution in [1.29, 1.82) is 0 Å². The van der Waals surface area contributed by atoms with E-state index in [4.69, 9.17) is 19.9 Å². The topological polar surface area (TPSA) is 56.0 Å². The van der Waals surface area contributed by atoms with Crippen LogP contribution in [-0.4, -0.2) is 24.3 Å². The fourth-order valence-corrected chi connectivity index (χ4v) is 9.70. The molecule has 0 aliphatic heterocycles. The molecule has 0 atom stereocenters. The molecule has 12 rings (SSSR count). The van der Waals surface area contributed by atoms with Crippen molar-refractivity contribution >= 4 is 5.65 Å². The molecule has 0 N–H and O–H groups in total. The standard InChI is InChI=1S/C59H39N5/c1-5-19-40(20-6-1)46-27-13-14-28-47(46)48-29-15-16-30-51(48)58-62-56(41-21-7-2-8-22-41)61-57(63-58)43-33-35-50-49-34-32-42(54-39-64-36-18-17-31-55(64)60-54)37-52(49)59(53(50)38-43,44-23-9-3-10-24-44)45-25-11-4-12-26-45/h1-39H. The second kappa shape index (κ2) is 15.4. The van der Waals surface area contributed by atoms with Gasteiger partial charge in [-0.15, -0.1) is 0 Å². The average molecular weight is 818 g/mol. The molecule has 5 nitrogen and oxygen atoms in total. The highest BCUT2D eigenvalue weighted by Crippen LogP contribution is 2.57. The summed E-state index contributed by atoms with van der Waals surface area (Å²) < 4.78 is 2.08. The Balaban J connectivity index is 1.08. The molecule has 0 bridgehead atoms. The molecule has 0 saturated carbocycles. The summed E-state index contributed by atoms with van der Waals surface area (Å²) in [5.41, 5.74) is 16.6. The highest BCUT2D eigenvalue weighted by atomic mass is 15.0. The zero-order valence-corrected chi connectivity index (χ0v) is 34.8. The van der Waals surface area contributed by atoms with Gasteiger partial charge in [-0.3, -0.25) is 0 Å². The van der Waals surface area contributed by atoms with Crippen molar-refractivity contribution in [3.8, 4) is 78.8 Å². The molecule has 11 aromatic rings. The van der Waals surface area contributed by atoms with Gasteiger partial charge in [-0.05, 0) is 79.9 Å². The number of nitrogens with zero attached hydrogens (tertiary/aromatic N) is 5. The van der Waals surface area contributed by atoms with Gasteiger partial charge in [0.1, 0.15) is 5.65 Å². The minimum Gasteiger partial charge on any atom is -0.306 e. The third-order valence-electron chi connectivity index (χ3n) is 12.6. The molecule has 0 saturated heterocycles. The van der Waals surface area contributed by atoms with Gasteiger partial charge in [-0.1, -0.05) is 200 Å². The first-order chi connectivity index (χ1) is 31.7. The van der Waals surface area contributed by atoms with E-state index in [1.807, 2.05) is 42.6 Å². The lowest BCUT2D eigenvalue weighted by Crippen LogP contribution is -2.28. The van der Waals surface area contributed by atoms with Gasteiger partial charge in [-0.25, -0.2) is 19.9 Å². The van der Waals surface area contributed by atoms with Crippen molar-refractivity contribution in [2.24, 2.45) is 0 Å². The summed E-state index contributed by atoms with van der Waals surface area (Å²) in [6.07, 6.45) is 4.16. The molecule has 0 unspecified atom stereocenters. The third kappa shape index (κ3) is 6.17. The van der Waals surface area contributed by atoms with E-state index in [0.717, 1.165) is 55.8 Å². The number of pyridine rings is 1. The Morgan fingerprint density at radius 1 is 0.312 bits per heavy atom. The Bertz CT molecular complexity index is 3420. The number of hydrogen-bond donors (Lipinski definition) is 0. The van der Waals surface area contributed by atoms with Gasteiger partial charge in [0.05, 0.1) is 11.1 Å². The SMILES string of the molecule is c1ccc(-c2nc(-c3ccc4c(c3)C(c3ccccc3)(c3ccccc3)c3cc(-c5cn6ccccc6n5)ccc3-4)nc(-c3ccccc3-c3ccccc3-c3ccccc3)n2)cc1. The second-order valence-corrected chi connectivity index (χ2v) is 16.2. The van der Waals surface area contributed by atoms with E-state index in [-0.39, 0.29) is 0 Å². The summed E-state index contributed by atoms with van der Waals surface area (Å²) >= 11 is 0. The van der Waals surface area contributed by atoms with Crippen molar-refractivity contribution < 1.29 is 0 Å². The number of aromatic nitrogens is 5. The van der Waals surface area contributed by atoms with Crippen LogP contribution in [0.15, 0.2) is 237 Å². The number of hydrogen-bond acceptors (Lipinski definition) is 4. The van der Waals surface area contributed by atoms with Gasteiger partial charge in [0.15, 0.2) is 17.5 Å². The fourth-order valence-electron chi connectivity index (χ4n) is 9.70. The monoisotopic (exact) mass is 817 g/mol. The van der Waals surface area contributed by atoms with Crippen molar-refractivity contribution in [3.05, 3.63) is 259 Å². The van der Waals surface area contributed by atoms with E-state index < -0.39 is 5.41 Å². The third-order valence-corrected chi connectivity index (χ3v) is 12.6. The Labute approximate surface area is 371 Å². The average Bonchev–Trinajstić information content (AvgIpc) is 3.95. The van der Waals surface area contributed by atoms with Gasteiger partial charge in [-0.2, -0.15) is 0 Å². The highest BCUT2D eigenvalue weighted by molar-refractivity contribution is 5.92. The van der Waals surface area contributed by atoms with E-state index in [2.05, 4.69) is 199 Å². The van der Waals surface area contributed by atoms with Crippen LogP contribution in [0.2, 0.25) is 0 Å². The first-order valence-electron chi connectivity index (χ1n) is 21.6. The highest BCUT2D eigenvalue weighted by Gasteiger charge is 2.46. The van der Waals surface area contributed by atoms with E-state index in [0.29, 0.717) is 17.5 Å². The van der Waals surface area contributed by atoms with Crippen LogP contribution >= 0.6 is 0 Å². The molecular formula is C59H39N5. The van der Waals surface area contributed by atoms with Gasteiger partial charge in [0.25, 0.3) is 0 Å². The van der Waals surface area contributed by atoms with Crippen molar-refractivity contribution in [3.63, 3.8) is 0 Å². The van der Waals surface area contributed by atoms with Crippen LogP contribution in [0.25, 0.3) is 84.4 Å². The minimum atomic E-state index is -0.662. The van der Waals surface area contributed by atoms with Crippen LogP contribution in [0, 0.1) is 0 Å². The Hall–Kier alpha value is -8.54. The summed E-state index contributed by atoms with van der Waals surface area (Å²) in [5, 5.41) is 0. The molecular weight excluding hydrogens is 779 g/mol. The molecule has 8 aromatic carbocycles. The number of fused-ring (bicyclic) bond motifs is 4. The van der Waals surface area contributed by atoms with Gasteiger partial charge in [0.2, 0.25) is 0 Å². The molecule has 300 valence electrons. The summed E-state index contributed by atoms with van der Waals surface area (Å²) in [6, 6.07) is 79.3. The van der Waals surface area contributed by atoms with Crippen LogP contribution < -0.4 is 0 Å². The zero-order valence-electron chi connectivity index (χ0n) is 34.8. The fraction of sp³-hybridized carbons (Fsp3) is 0.0169. The molecule has 1 aliphatic carbocycles. The smallest absolute Gasteiger partial charge is 0.164 e. The molecule has 0 spiro atoms. The normalized spacial score (nSPS) is 12.5. The Morgan fingerprint density at radius 3 is 1.41 bits per heavy atom. The van der Waals surface area contributed by atoms with Crippen molar-refractivity contribution in [1.82, 2.24) is 24.3 Å². The van der Waals surface area contributed by atoms with Crippen LogP contribution in [0.3, 0.4) is 0 Å². The molecule has 0 radical (unpaired) electrons. The maximum Gasteiger partial charge on any atom is 0.164 e. The largest absolute Gasteiger partial charge is 0.306 e. The van der Waals surface area contributed by atoms with E-state index in [9.17, 15) is 0 Å². The lowest BCUT2D eigenvalue weighted by atomic mass is 9.67. The number of rotatable bonds is 8. The molecule has 64 heavy (non-hydrogen) atoms. The molecule has 0 fully saturated rings. The van der Waals surface area contributed by atoms with Crippen LogP contribution in [0.4, 0.5) is 0 Å². The lowest BCUT2D eigenvalue weighted by Gasteiger charge is -2.34. The molecule has 1 aliphatic rings. The maximum absolute atomic E-state index is 5.40. The quantitative estimate of drug-likeness (QED) is 0.153. The number of imidazole rings is 1. The first kappa shape index (κ1) is 37.2. The summed E-state index contributed by atoms with van der Waals surface area (Å²) in [5.74, 6) is 1.83. The molecule has 0 amide bonds. The van der Waals surface area contributed by atoms with Gasteiger partial charge >= 0.3 is 0 Å². The van der Waals surface area contributed by atoms with Crippen LogP contribution in [0.5, 0.6) is 0 Å². The summed E-state index contributed by atoms with van der Waals surface area (Å²) in [6.45, 7) is 0. The predicted octanol–water partition coefficient (Wildman–Crippen LogP) is 13.9. The summed E-state index contributed by atoms with van der Waals surface area (Å²) in [7, 11) is 0. The first-order valence-corrected chi connectivity index (χ1v) is 21.6. The Kier molecular flexibility index (Phi) is 8.97. The lowest BCUT2D eigenvalue weighted by molar-refractivity contribution is 0.769. The molecule has 3 aromatic heterocycles. The second-order valence-electron chi connectivity index (χ2n) is 16.2. The maximum atomic E-state index is 5.40. The molecule has 5 heteroatoms. The van der Waals surface area contributed by atoms with E-state index in [1.54, 1.807) is 0 Å². The Morgan fingerprint density at radius 2 is 0.781 bits per heavy atom. The van der Waals surface area contributed by atoms with Gasteiger partial charge < -0.3 is 4.40 Å². The van der Waals surface area contributed by atoms with Crippen molar-refractivity contribution in [2.75, 3.05) is 0 Å². The number of benzene rings is 8. The van der Waals surface area contributed by atoms with E-state index in [1.165, 1.54) is 33.4 Å².